The first kappa shape index (κ1) is 25.8. The first-order valence-electron chi connectivity index (χ1n) is 12.5. The molecule has 0 radical (unpaired) electrons. The molecule has 4 aromatic rings. The number of carbonyl (C=O) groups is 2. The molecular formula is C32H31FN2O2. The number of amides is 2. The average molecular weight is 495 g/mol. The molecule has 0 aliphatic carbocycles. The van der Waals surface area contributed by atoms with Gasteiger partial charge >= 0.3 is 0 Å². The molecule has 4 aromatic carbocycles. The molecule has 0 heterocycles. The van der Waals surface area contributed by atoms with E-state index in [2.05, 4.69) is 5.32 Å². The molecule has 0 aliphatic rings. The fourth-order valence-electron chi connectivity index (χ4n) is 4.25. The minimum absolute atomic E-state index is 0.146. The molecule has 0 aromatic heterocycles. The fourth-order valence-corrected chi connectivity index (χ4v) is 4.25. The highest BCUT2D eigenvalue weighted by atomic mass is 19.1. The van der Waals surface area contributed by atoms with Gasteiger partial charge in [0.2, 0.25) is 11.8 Å². The Morgan fingerprint density at radius 1 is 0.757 bits per heavy atom. The van der Waals surface area contributed by atoms with Gasteiger partial charge in [0.05, 0.1) is 0 Å². The minimum atomic E-state index is -0.833. The maximum Gasteiger partial charge on any atom is 0.247 e. The van der Waals surface area contributed by atoms with Crippen LogP contribution in [0.3, 0.4) is 0 Å². The highest BCUT2D eigenvalue weighted by Crippen LogP contribution is 2.25. The summed E-state index contributed by atoms with van der Waals surface area (Å²) in [6.45, 7) is 2.55. The first-order chi connectivity index (χ1) is 18.0. The predicted molar refractivity (Wildman–Crippen MR) is 144 cm³/mol. The molecule has 0 aliphatic heterocycles. The molecule has 1 unspecified atom stereocenters. The summed E-state index contributed by atoms with van der Waals surface area (Å²) >= 11 is 0. The van der Waals surface area contributed by atoms with Crippen LogP contribution in [0.15, 0.2) is 109 Å². The molecule has 1 N–H and O–H groups in total. The highest BCUT2D eigenvalue weighted by Gasteiger charge is 2.31. The van der Waals surface area contributed by atoms with Crippen molar-refractivity contribution in [3.8, 4) is 0 Å². The standard InChI is InChI=1S/C32H31FN2O2/c1-24-12-14-26(15-13-24)22-34-32(37)31(28-10-6-3-7-11-28)35(23-27-16-19-29(33)20-17-27)30(36)21-18-25-8-4-2-5-9-25/h2-17,19-20,31H,18,21-23H2,1H3,(H,34,37). The van der Waals surface area contributed by atoms with Crippen molar-refractivity contribution in [2.24, 2.45) is 0 Å². The van der Waals surface area contributed by atoms with E-state index in [0.717, 1.165) is 27.8 Å². The van der Waals surface area contributed by atoms with Gasteiger partial charge in [-0.15, -0.1) is 0 Å². The predicted octanol–water partition coefficient (Wildman–Crippen LogP) is 6.15. The van der Waals surface area contributed by atoms with Crippen LogP contribution in [0.25, 0.3) is 0 Å². The summed E-state index contributed by atoms with van der Waals surface area (Å²) in [6.07, 6.45) is 0.811. The number of hydrogen-bond donors (Lipinski definition) is 1. The smallest absolute Gasteiger partial charge is 0.247 e. The van der Waals surface area contributed by atoms with E-state index < -0.39 is 6.04 Å². The Hall–Kier alpha value is -4.25. The van der Waals surface area contributed by atoms with Crippen LogP contribution in [0.5, 0.6) is 0 Å². The molecule has 1 atom stereocenters. The van der Waals surface area contributed by atoms with Crippen molar-refractivity contribution >= 4 is 11.8 Å². The Kier molecular flexibility index (Phi) is 8.82. The van der Waals surface area contributed by atoms with Crippen molar-refractivity contribution < 1.29 is 14.0 Å². The van der Waals surface area contributed by atoms with E-state index >= 15 is 0 Å². The number of nitrogens with zero attached hydrogens (tertiary/aromatic N) is 1. The van der Waals surface area contributed by atoms with Crippen molar-refractivity contribution in [1.82, 2.24) is 10.2 Å². The summed E-state index contributed by atoms with van der Waals surface area (Å²) in [5.74, 6) is -0.754. The summed E-state index contributed by atoms with van der Waals surface area (Å²) in [5, 5.41) is 3.03. The Labute approximate surface area is 217 Å². The molecule has 0 fully saturated rings. The van der Waals surface area contributed by atoms with E-state index in [1.165, 1.54) is 12.1 Å². The average Bonchev–Trinajstić information content (AvgIpc) is 2.93. The molecule has 5 heteroatoms. The third kappa shape index (κ3) is 7.37. The molecule has 0 saturated carbocycles. The van der Waals surface area contributed by atoms with Crippen molar-refractivity contribution in [3.05, 3.63) is 143 Å². The normalized spacial score (nSPS) is 11.5. The Balaban J connectivity index is 1.62. The monoisotopic (exact) mass is 494 g/mol. The van der Waals surface area contributed by atoms with Gasteiger partial charge in [-0.1, -0.05) is 103 Å². The van der Waals surface area contributed by atoms with Gasteiger partial charge in [0, 0.05) is 19.5 Å². The summed E-state index contributed by atoms with van der Waals surface area (Å²) < 4.78 is 13.6. The lowest BCUT2D eigenvalue weighted by atomic mass is 10.0. The largest absolute Gasteiger partial charge is 0.350 e. The van der Waals surface area contributed by atoms with Crippen molar-refractivity contribution in [2.75, 3.05) is 0 Å². The van der Waals surface area contributed by atoms with Crippen LogP contribution in [0.2, 0.25) is 0 Å². The van der Waals surface area contributed by atoms with E-state index in [1.54, 1.807) is 17.0 Å². The molecule has 4 nitrogen and oxygen atoms in total. The quantitative estimate of drug-likeness (QED) is 0.287. The van der Waals surface area contributed by atoms with Gasteiger partial charge in [0.25, 0.3) is 0 Å². The maximum absolute atomic E-state index is 13.7. The molecule has 2 amide bonds. The van der Waals surface area contributed by atoms with Crippen LogP contribution in [0, 0.1) is 12.7 Å². The lowest BCUT2D eigenvalue weighted by Crippen LogP contribution is -2.43. The molecule has 4 rings (SSSR count). The van der Waals surface area contributed by atoms with E-state index in [9.17, 15) is 14.0 Å². The zero-order valence-electron chi connectivity index (χ0n) is 20.9. The van der Waals surface area contributed by atoms with Crippen LogP contribution in [-0.4, -0.2) is 16.7 Å². The number of halogens is 1. The lowest BCUT2D eigenvalue weighted by Gasteiger charge is -2.32. The summed E-state index contributed by atoms with van der Waals surface area (Å²) in [7, 11) is 0. The SMILES string of the molecule is Cc1ccc(CNC(=O)C(c2ccccc2)N(Cc2ccc(F)cc2)C(=O)CCc2ccccc2)cc1. The minimum Gasteiger partial charge on any atom is -0.350 e. The zero-order valence-corrected chi connectivity index (χ0v) is 20.9. The summed E-state index contributed by atoms with van der Waals surface area (Å²) in [5.41, 5.74) is 4.65. The van der Waals surface area contributed by atoms with Gasteiger partial charge in [-0.2, -0.15) is 0 Å². The Morgan fingerprint density at radius 3 is 2.00 bits per heavy atom. The third-order valence-corrected chi connectivity index (χ3v) is 6.32. The molecule has 0 saturated heterocycles. The zero-order chi connectivity index (χ0) is 26.0. The Bertz CT molecular complexity index is 1290. The second kappa shape index (κ2) is 12.6. The molecule has 0 bridgehead atoms. The van der Waals surface area contributed by atoms with E-state index in [-0.39, 0.29) is 30.6 Å². The highest BCUT2D eigenvalue weighted by molar-refractivity contribution is 5.88. The van der Waals surface area contributed by atoms with Crippen molar-refractivity contribution in [2.45, 2.75) is 38.9 Å². The second-order valence-corrected chi connectivity index (χ2v) is 9.15. The van der Waals surface area contributed by atoms with Crippen LogP contribution in [0.1, 0.15) is 40.3 Å². The topological polar surface area (TPSA) is 49.4 Å². The number of benzene rings is 4. The van der Waals surface area contributed by atoms with Gasteiger partial charge in [0.1, 0.15) is 11.9 Å². The van der Waals surface area contributed by atoms with E-state index in [4.69, 9.17) is 0 Å². The van der Waals surface area contributed by atoms with Crippen LogP contribution in [0.4, 0.5) is 4.39 Å². The van der Waals surface area contributed by atoms with Crippen LogP contribution >= 0.6 is 0 Å². The van der Waals surface area contributed by atoms with Gasteiger partial charge < -0.3 is 10.2 Å². The molecule has 37 heavy (non-hydrogen) atoms. The number of rotatable bonds is 10. The number of carbonyl (C=O) groups excluding carboxylic acids is 2. The lowest BCUT2D eigenvalue weighted by molar-refractivity contribution is -0.141. The van der Waals surface area contributed by atoms with Crippen LogP contribution < -0.4 is 5.32 Å². The van der Waals surface area contributed by atoms with Crippen molar-refractivity contribution in [1.29, 1.82) is 0 Å². The second-order valence-electron chi connectivity index (χ2n) is 9.15. The van der Waals surface area contributed by atoms with E-state index in [1.807, 2.05) is 91.9 Å². The number of aryl methyl sites for hydroxylation is 2. The summed E-state index contributed by atoms with van der Waals surface area (Å²) in [4.78, 5) is 29.0. The van der Waals surface area contributed by atoms with Crippen molar-refractivity contribution in [3.63, 3.8) is 0 Å². The molecule has 0 spiro atoms. The molecular weight excluding hydrogens is 463 g/mol. The van der Waals surface area contributed by atoms with Gasteiger partial charge in [-0.3, -0.25) is 9.59 Å². The van der Waals surface area contributed by atoms with Gasteiger partial charge in [-0.25, -0.2) is 4.39 Å². The summed E-state index contributed by atoms with van der Waals surface area (Å²) in [6, 6.07) is 32.3. The Morgan fingerprint density at radius 2 is 1.35 bits per heavy atom. The fraction of sp³-hybridized carbons (Fsp3) is 0.188. The maximum atomic E-state index is 13.7. The first-order valence-corrected chi connectivity index (χ1v) is 12.5. The number of nitrogens with one attached hydrogen (secondary N) is 1. The molecule has 188 valence electrons. The van der Waals surface area contributed by atoms with Gasteiger partial charge in [-0.05, 0) is 47.7 Å². The van der Waals surface area contributed by atoms with Gasteiger partial charge in [0.15, 0.2) is 0 Å². The number of hydrogen-bond acceptors (Lipinski definition) is 2. The van der Waals surface area contributed by atoms with Crippen LogP contribution in [-0.2, 0) is 29.1 Å². The van der Waals surface area contributed by atoms with E-state index in [0.29, 0.717) is 13.0 Å². The third-order valence-electron chi connectivity index (χ3n) is 6.32.